The first kappa shape index (κ1) is 21.1. The summed E-state index contributed by atoms with van der Waals surface area (Å²) in [6.07, 6.45) is 0.506. The van der Waals surface area contributed by atoms with E-state index < -0.39 is 33.3 Å². The quantitative estimate of drug-likeness (QED) is 0.504. The SMILES string of the molecule is O=C(CS(=O)(=O)c1cccc2nsnc12)N1CC(=O)N(CCc2ccccc2)C(=O)C1. The van der Waals surface area contributed by atoms with Gasteiger partial charge in [-0.1, -0.05) is 36.4 Å². The summed E-state index contributed by atoms with van der Waals surface area (Å²) < 4.78 is 33.6. The molecule has 0 aliphatic carbocycles. The molecule has 0 atom stereocenters. The number of hydrogen-bond donors (Lipinski definition) is 0. The van der Waals surface area contributed by atoms with Gasteiger partial charge >= 0.3 is 0 Å². The lowest BCUT2D eigenvalue weighted by Gasteiger charge is -2.32. The molecular weight excluding hydrogens is 440 g/mol. The van der Waals surface area contributed by atoms with Gasteiger partial charge in [0.05, 0.1) is 16.6 Å². The van der Waals surface area contributed by atoms with E-state index in [1.54, 1.807) is 6.07 Å². The van der Waals surface area contributed by atoms with Crippen LogP contribution in [0.2, 0.25) is 0 Å². The molecule has 1 fully saturated rings. The number of nitrogens with zero attached hydrogens (tertiary/aromatic N) is 4. The van der Waals surface area contributed by atoms with Gasteiger partial charge in [0.25, 0.3) is 0 Å². The van der Waals surface area contributed by atoms with Crippen molar-refractivity contribution in [3.63, 3.8) is 0 Å². The number of sulfone groups is 1. The highest BCUT2D eigenvalue weighted by Crippen LogP contribution is 2.22. The highest BCUT2D eigenvalue weighted by Gasteiger charge is 2.35. The predicted octanol–water partition coefficient (Wildman–Crippen LogP) is 0.905. The number of fused-ring (bicyclic) bond motifs is 1. The number of rotatable bonds is 6. The molecule has 0 saturated carbocycles. The van der Waals surface area contributed by atoms with Crippen LogP contribution in [0.15, 0.2) is 53.4 Å². The Balaban J connectivity index is 1.42. The molecule has 0 radical (unpaired) electrons. The van der Waals surface area contributed by atoms with Crippen molar-refractivity contribution in [2.75, 3.05) is 25.4 Å². The molecule has 1 aliphatic heterocycles. The minimum absolute atomic E-state index is 0.0914. The van der Waals surface area contributed by atoms with Crippen LogP contribution in [0.4, 0.5) is 0 Å². The van der Waals surface area contributed by atoms with Crippen molar-refractivity contribution in [3.8, 4) is 0 Å². The molecule has 0 N–H and O–H groups in total. The normalized spacial score (nSPS) is 15.0. The number of aromatic nitrogens is 2. The van der Waals surface area contributed by atoms with Crippen LogP contribution >= 0.6 is 11.7 Å². The molecule has 160 valence electrons. The minimum Gasteiger partial charge on any atom is -0.323 e. The zero-order valence-electron chi connectivity index (χ0n) is 16.3. The van der Waals surface area contributed by atoms with Crippen LogP contribution in [-0.2, 0) is 30.6 Å². The fraction of sp³-hybridized carbons (Fsp3) is 0.250. The first-order valence-corrected chi connectivity index (χ1v) is 11.8. The smallest absolute Gasteiger partial charge is 0.248 e. The second kappa shape index (κ2) is 8.52. The van der Waals surface area contributed by atoms with Gasteiger partial charge in [-0.25, -0.2) is 8.42 Å². The molecule has 31 heavy (non-hydrogen) atoms. The fourth-order valence-corrected chi connectivity index (χ4v) is 5.37. The molecule has 1 aromatic heterocycles. The first-order chi connectivity index (χ1) is 14.8. The zero-order valence-corrected chi connectivity index (χ0v) is 17.9. The second-order valence-electron chi connectivity index (χ2n) is 7.07. The average molecular weight is 459 g/mol. The third-order valence-electron chi connectivity index (χ3n) is 4.97. The Morgan fingerprint density at radius 3 is 2.39 bits per heavy atom. The third kappa shape index (κ3) is 4.47. The van der Waals surface area contributed by atoms with E-state index in [-0.39, 0.29) is 30.0 Å². The minimum atomic E-state index is -4.02. The van der Waals surface area contributed by atoms with Crippen molar-refractivity contribution in [2.45, 2.75) is 11.3 Å². The Labute approximate surface area is 182 Å². The Kier molecular flexibility index (Phi) is 5.79. The van der Waals surface area contributed by atoms with E-state index in [2.05, 4.69) is 8.75 Å². The van der Waals surface area contributed by atoms with Crippen molar-refractivity contribution in [1.82, 2.24) is 18.5 Å². The Morgan fingerprint density at radius 1 is 0.968 bits per heavy atom. The fourth-order valence-electron chi connectivity index (χ4n) is 3.37. The van der Waals surface area contributed by atoms with Gasteiger partial charge in [-0.3, -0.25) is 19.3 Å². The summed E-state index contributed by atoms with van der Waals surface area (Å²) >= 11 is 0.879. The summed E-state index contributed by atoms with van der Waals surface area (Å²) in [5.74, 6) is -2.70. The number of benzene rings is 2. The number of carbonyl (C=O) groups is 3. The van der Waals surface area contributed by atoms with Crippen LogP contribution in [0.1, 0.15) is 5.56 Å². The zero-order chi connectivity index (χ0) is 22.0. The molecule has 4 rings (SSSR count). The largest absolute Gasteiger partial charge is 0.323 e. The lowest BCUT2D eigenvalue weighted by atomic mass is 10.1. The standard InChI is InChI=1S/C20H18N4O5S2/c25-17-11-23(12-18(26)24(17)10-9-14-5-2-1-3-6-14)19(27)13-31(28,29)16-8-4-7-15-20(16)22-30-21-15/h1-8H,9-13H2. The lowest BCUT2D eigenvalue weighted by Crippen LogP contribution is -2.56. The molecule has 1 saturated heterocycles. The summed E-state index contributed by atoms with van der Waals surface area (Å²) in [5, 5.41) is 0. The van der Waals surface area contributed by atoms with Gasteiger partial charge in [0.1, 0.15) is 29.9 Å². The number of imide groups is 1. The van der Waals surface area contributed by atoms with Gasteiger partial charge in [-0.15, -0.1) is 0 Å². The predicted molar refractivity (Wildman–Crippen MR) is 113 cm³/mol. The van der Waals surface area contributed by atoms with Gasteiger partial charge in [0.15, 0.2) is 9.84 Å². The van der Waals surface area contributed by atoms with Gasteiger partial charge in [-0.2, -0.15) is 8.75 Å². The molecule has 3 amide bonds. The van der Waals surface area contributed by atoms with Crippen LogP contribution in [0.25, 0.3) is 11.0 Å². The van der Waals surface area contributed by atoms with Crippen molar-refractivity contribution < 1.29 is 22.8 Å². The highest BCUT2D eigenvalue weighted by atomic mass is 32.2. The molecule has 9 nitrogen and oxygen atoms in total. The van der Waals surface area contributed by atoms with Crippen molar-refractivity contribution in [3.05, 3.63) is 54.1 Å². The third-order valence-corrected chi connectivity index (χ3v) is 7.14. The average Bonchev–Trinajstić information content (AvgIpc) is 3.22. The Hall–Kier alpha value is -3.18. The van der Waals surface area contributed by atoms with E-state index in [9.17, 15) is 22.8 Å². The van der Waals surface area contributed by atoms with E-state index in [0.717, 1.165) is 27.1 Å². The number of amides is 3. The summed E-state index contributed by atoms with van der Waals surface area (Å²) in [6.45, 7) is -0.463. The van der Waals surface area contributed by atoms with Crippen LogP contribution in [0, 0.1) is 0 Å². The Morgan fingerprint density at radius 2 is 1.68 bits per heavy atom. The maximum absolute atomic E-state index is 12.8. The molecule has 3 aromatic rings. The highest BCUT2D eigenvalue weighted by molar-refractivity contribution is 7.92. The maximum Gasteiger partial charge on any atom is 0.248 e. The number of carbonyl (C=O) groups excluding carboxylic acids is 3. The molecule has 2 heterocycles. The topological polar surface area (TPSA) is 118 Å². The molecule has 2 aromatic carbocycles. The van der Waals surface area contributed by atoms with Gasteiger partial charge in [0, 0.05) is 6.54 Å². The molecule has 0 spiro atoms. The molecule has 11 heteroatoms. The van der Waals surface area contributed by atoms with Gasteiger partial charge in [0.2, 0.25) is 17.7 Å². The van der Waals surface area contributed by atoms with Crippen molar-refractivity contribution >= 4 is 50.3 Å². The summed E-state index contributed by atoms with van der Waals surface area (Å²) in [4.78, 5) is 39.6. The number of piperazine rings is 1. The second-order valence-corrected chi connectivity index (χ2v) is 9.56. The molecule has 1 aliphatic rings. The van der Waals surface area contributed by atoms with E-state index in [4.69, 9.17) is 0 Å². The maximum atomic E-state index is 12.8. The van der Waals surface area contributed by atoms with E-state index in [1.807, 2.05) is 30.3 Å². The summed E-state index contributed by atoms with van der Waals surface area (Å²) in [5.41, 5.74) is 1.62. The van der Waals surface area contributed by atoms with Crippen molar-refractivity contribution in [1.29, 1.82) is 0 Å². The molecular formula is C20H18N4O5S2. The number of hydrogen-bond acceptors (Lipinski definition) is 8. The monoisotopic (exact) mass is 458 g/mol. The van der Waals surface area contributed by atoms with Crippen LogP contribution in [0.5, 0.6) is 0 Å². The van der Waals surface area contributed by atoms with E-state index in [0.29, 0.717) is 11.9 Å². The van der Waals surface area contributed by atoms with Crippen molar-refractivity contribution in [2.24, 2.45) is 0 Å². The first-order valence-electron chi connectivity index (χ1n) is 9.44. The summed E-state index contributed by atoms with van der Waals surface area (Å²) in [7, 11) is -4.02. The molecule has 0 bridgehead atoms. The summed E-state index contributed by atoms with van der Waals surface area (Å²) in [6, 6.07) is 13.9. The van der Waals surface area contributed by atoms with Crippen LogP contribution < -0.4 is 0 Å². The van der Waals surface area contributed by atoms with Gasteiger partial charge in [-0.05, 0) is 24.1 Å². The molecule has 0 unspecified atom stereocenters. The van der Waals surface area contributed by atoms with E-state index in [1.165, 1.54) is 12.1 Å². The van der Waals surface area contributed by atoms with Crippen LogP contribution in [0.3, 0.4) is 0 Å². The van der Waals surface area contributed by atoms with Crippen LogP contribution in [-0.4, -0.2) is 70.1 Å². The lowest BCUT2D eigenvalue weighted by molar-refractivity contribution is -0.155. The van der Waals surface area contributed by atoms with E-state index >= 15 is 0 Å². The Bertz CT molecular complexity index is 1240. The van der Waals surface area contributed by atoms with Gasteiger partial charge < -0.3 is 4.90 Å².